The lowest BCUT2D eigenvalue weighted by molar-refractivity contribution is 0.269. The second-order valence-electron chi connectivity index (χ2n) is 6.82. The normalized spacial score (nSPS) is 19.8. The number of hydrogen-bond acceptors (Lipinski definition) is 2. The third-order valence-corrected chi connectivity index (χ3v) is 5.13. The van der Waals surface area contributed by atoms with E-state index < -0.39 is 0 Å². The number of thiocarbonyl (C=S) groups is 1. The lowest BCUT2D eigenvalue weighted by atomic mass is 9.98. The fourth-order valence-electron chi connectivity index (χ4n) is 3.63. The van der Waals surface area contributed by atoms with E-state index in [1.165, 1.54) is 5.56 Å². The zero-order valence-electron chi connectivity index (χ0n) is 14.9. The molecule has 3 aromatic rings. The number of hydrogen-bond donors (Lipinski definition) is 1. The minimum atomic E-state index is 0.0396. The van der Waals surface area contributed by atoms with Gasteiger partial charge in [-0.1, -0.05) is 24.3 Å². The molecule has 0 unspecified atom stereocenters. The van der Waals surface area contributed by atoms with Crippen LogP contribution in [0.25, 0.3) is 5.69 Å². The summed E-state index contributed by atoms with van der Waals surface area (Å²) < 4.78 is 2.16. The Kier molecular flexibility index (Phi) is 4.47. The van der Waals surface area contributed by atoms with Crippen LogP contribution in [-0.4, -0.2) is 25.6 Å². The van der Waals surface area contributed by atoms with Gasteiger partial charge in [0.2, 0.25) is 0 Å². The number of nitrogens with one attached hydrogen (secondary N) is 1. The molecule has 1 fully saturated rings. The molecule has 0 amide bonds. The molecule has 1 aliphatic rings. The molecule has 0 bridgehead atoms. The fourth-order valence-corrected chi connectivity index (χ4v) is 4.08. The third-order valence-electron chi connectivity index (χ3n) is 4.80. The van der Waals surface area contributed by atoms with Crippen molar-refractivity contribution in [3.63, 3.8) is 0 Å². The van der Waals surface area contributed by atoms with Gasteiger partial charge in [0.25, 0.3) is 0 Å². The summed E-state index contributed by atoms with van der Waals surface area (Å²) in [6.07, 6.45) is 6.14. The summed E-state index contributed by atoms with van der Waals surface area (Å²) in [7, 11) is 0. The zero-order valence-corrected chi connectivity index (χ0v) is 15.7. The molecule has 1 aliphatic heterocycles. The van der Waals surface area contributed by atoms with Gasteiger partial charge in [0, 0.05) is 30.3 Å². The molecule has 0 aliphatic carbocycles. The van der Waals surface area contributed by atoms with Crippen LogP contribution in [0.15, 0.2) is 73.2 Å². The van der Waals surface area contributed by atoms with Crippen molar-refractivity contribution in [2.75, 3.05) is 0 Å². The molecule has 2 aromatic heterocycles. The molecule has 4 rings (SSSR count). The van der Waals surface area contributed by atoms with E-state index in [2.05, 4.69) is 82.4 Å². The first-order chi connectivity index (χ1) is 12.6. The van der Waals surface area contributed by atoms with Crippen LogP contribution in [0.5, 0.6) is 0 Å². The van der Waals surface area contributed by atoms with Crippen molar-refractivity contribution in [2.45, 2.75) is 32.0 Å². The summed E-state index contributed by atoms with van der Waals surface area (Å²) in [5.74, 6) is 0. The predicted molar refractivity (Wildman–Crippen MR) is 108 cm³/mol. The van der Waals surface area contributed by atoms with Crippen LogP contribution in [-0.2, 0) is 0 Å². The number of rotatable bonds is 4. The van der Waals surface area contributed by atoms with Crippen LogP contribution >= 0.6 is 12.2 Å². The summed E-state index contributed by atoms with van der Waals surface area (Å²) >= 11 is 5.65. The highest BCUT2D eigenvalue weighted by atomic mass is 32.1. The molecule has 1 saturated heterocycles. The van der Waals surface area contributed by atoms with Gasteiger partial charge in [0.15, 0.2) is 5.11 Å². The molecule has 3 heterocycles. The van der Waals surface area contributed by atoms with Gasteiger partial charge in [-0.3, -0.25) is 4.98 Å². The minimum absolute atomic E-state index is 0.0396. The monoisotopic (exact) mass is 362 g/mol. The molecule has 0 spiro atoms. The summed E-state index contributed by atoms with van der Waals surface area (Å²) in [6.45, 7) is 4.35. The maximum absolute atomic E-state index is 5.65. The van der Waals surface area contributed by atoms with Gasteiger partial charge in [-0.25, -0.2) is 0 Å². The molecule has 132 valence electrons. The van der Waals surface area contributed by atoms with Crippen LogP contribution in [0.2, 0.25) is 0 Å². The Bertz CT molecular complexity index is 889. The summed E-state index contributed by atoms with van der Waals surface area (Å²) in [5, 5.41) is 4.27. The maximum atomic E-state index is 5.65. The molecule has 0 radical (unpaired) electrons. The Balaban J connectivity index is 1.75. The molecule has 26 heavy (non-hydrogen) atoms. The maximum Gasteiger partial charge on any atom is 0.170 e. The average molecular weight is 363 g/mol. The van der Waals surface area contributed by atoms with E-state index in [4.69, 9.17) is 12.2 Å². The van der Waals surface area contributed by atoms with Crippen molar-refractivity contribution in [3.8, 4) is 5.69 Å². The topological polar surface area (TPSA) is 33.1 Å². The Hall–Kier alpha value is -2.66. The van der Waals surface area contributed by atoms with Gasteiger partial charge in [-0.15, -0.1) is 0 Å². The van der Waals surface area contributed by atoms with Crippen molar-refractivity contribution in [1.29, 1.82) is 0 Å². The second kappa shape index (κ2) is 6.92. The first-order valence-corrected chi connectivity index (χ1v) is 9.29. The van der Waals surface area contributed by atoms with Crippen LogP contribution in [0, 0.1) is 0 Å². The Labute approximate surface area is 159 Å². The molecular weight excluding hydrogens is 340 g/mol. The number of nitrogens with zero attached hydrogens (tertiary/aromatic N) is 3. The van der Waals surface area contributed by atoms with Crippen LogP contribution in [0.1, 0.15) is 37.2 Å². The Morgan fingerprint density at radius 2 is 1.81 bits per heavy atom. The first-order valence-electron chi connectivity index (χ1n) is 8.88. The van der Waals surface area contributed by atoms with Crippen molar-refractivity contribution in [2.24, 2.45) is 0 Å². The van der Waals surface area contributed by atoms with Gasteiger partial charge in [-0.2, -0.15) is 0 Å². The van der Waals surface area contributed by atoms with E-state index in [0.29, 0.717) is 6.04 Å². The molecule has 5 heteroatoms. The Morgan fingerprint density at radius 3 is 2.50 bits per heavy atom. The number of pyridine rings is 1. The largest absolute Gasteiger partial charge is 0.352 e. The van der Waals surface area contributed by atoms with E-state index in [1.807, 2.05) is 24.4 Å². The average Bonchev–Trinajstić information content (AvgIpc) is 3.27. The minimum Gasteiger partial charge on any atom is -0.352 e. The van der Waals surface area contributed by atoms with Crippen molar-refractivity contribution in [1.82, 2.24) is 19.8 Å². The Morgan fingerprint density at radius 1 is 1.04 bits per heavy atom. The number of aromatic nitrogens is 2. The van der Waals surface area contributed by atoms with Crippen molar-refractivity contribution in [3.05, 3.63) is 84.4 Å². The van der Waals surface area contributed by atoms with E-state index in [-0.39, 0.29) is 12.1 Å². The van der Waals surface area contributed by atoms with Gasteiger partial charge in [-0.05, 0) is 62.0 Å². The highest BCUT2D eigenvalue weighted by Gasteiger charge is 2.41. The summed E-state index contributed by atoms with van der Waals surface area (Å²) in [4.78, 5) is 6.85. The SMILES string of the molecule is CC(C)N1C(=S)N[C@H](c2ccccn2)[C@H]1c1ccn(-c2ccccc2)c1. The molecule has 1 aromatic carbocycles. The van der Waals surface area contributed by atoms with Gasteiger partial charge in [0.1, 0.15) is 0 Å². The van der Waals surface area contributed by atoms with Crippen molar-refractivity contribution < 1.29 is 0 Å². The summed E-state index contributed by atoms with van der Waals surface area (Å²) in [5.41, 5.74) is 3.39. The van der Waals surface area contributed by atoms with Gasteiger partial charge >= 0.3 is 0 Å². The van der Waals surface area contributed by atoms with E-state index in [0.717, 1.165) is 16.5 Å². The smallest absolute Gasteiger partial charge is 0.170 e. The lowest BCUT2D eigenvalue weighted by Crippen LogP contribution is -2.35. The van der Waals surface area contributed by atoms with E-state index in [1.54, 1.807) is 0 Å². The number of para-hydroxylation sites is 1. The number of benzene rings is 1. The molecule has 2 atom stereocenters. The predicted octanol–water partition coefficient (Wildman–Crippen LogP) is 4.25. The molecule has 0 saturated carbocycles. The van der Waals surface area contributed by atoms with Crippen LogP contribution in [0.3, 0.4) is 0 Å². The van der Waals surface area contributed by atoms with Gasteiger partial charge in [0.05, 0.1) is 17.8 Å². The highest BCUT2D eigenvalue weighted by molar-refractivity contribution is 7.80. The first kappa shape index (κ1) is 16.8. The third kappa shape index (κ3) is 2.99. The zero-order chi connectivity index (χ0) is 18.1. The van der Waals surface area contributed by atoms with Crippen LogP contribution in [0.4, 0.5) is 0 Å². The molecule has 4 nitrogen and oxygen atoms in total. The van der Waals surface area contributed by atoms with E-state index >= 15 is 0 Å². The van der Waals surface area contributed by atoms with Crippen molar-refractivity contribution >= 4 is 17.3 Å². The standard InChI is InChI=1S/C21H22N4S/c1-15(2)25-20(19(23-21(25)26)18-10-6-7-12-22-18)16-11-13-24(14-16)17-8-4-3-5-9-17/h3-15,19-20H,1-2H3,(H,23,26)/t19-,20-/m1/s1. The second-order valence-corrected chi connectivity index (χ2v) is 7.20. The fraction of sp³-hybridized carbons (Fsp3) is 0.238. The lowest BCUT2D eigenvalue weighted by Gasteiger charge is -2.30. The quantitative estimate of drug-likeness (QED) is 0.703. The molecular formula is C21H22N4S. The highest BCUT2D eigenvalue weighted by Crippen LogP contribution is 2.40. The van der Waals surface area contributed by atoms with Crippen LogP contribution < -0.4 is 5.32 Å². The molecule has 1 N–H and O–H groups in total. The van der Waals surface area contributed by atoms with E-state index in [9.17, 15) is 0 Å². The summed E-state index contributed by atoms with van der Waals surface area (Å²) in [6, 6.07) is 19.0. The van der Waals surface area contributed by atoms with Gasteiger partial charge < -0.3 is 14.8 Å².